The van der Waals surface area contributed by atoms with Gasteiger partial charge in [-0.25, -0.2) is 9.78 Å². The summed E-state index contributed by atoms with van der Waals surface area (Å²) in [5, 5.41) is 47.6. The van der Waals surface area contributed by atoms with Gasteiger partial charge in [-0.3, -0.25) is 52.7 Å². The van der Waals surface area contributed by atoms with Gasteiger partial charge in [0.15, 0.2) is 0 Å². The zero-order chi connectivity index (χ0) is 56.5. The average Bonchev–Trinajstić information content (AvgIpc) is 3.86. The predicted molar refractivity (Wildman–Crippen MR) is 263 cm³/mol. The number of imidazole rings is 1. The first kappa shape index (κ1) is 62.9. The number of primary amides is 2. The van der Waals surface area contributed by atoms with Crippen molar-refractivity contribution >= 4 is 71.0 Å². The minimum Gasteiger partial charge on any atom is -0.508 e. The number of carboxylic acids is 2. The second kappa shape index (κ2) is 31.4. The normalized spacial score (nSPS) is 14.6. The van der Waals surface area contributed by atoms with Crippen LogP contribution in [-0.2, 0) is 70.4 Å². The minimum absolute atomic E-state index is 0.0819. The molecule has 20 N–H and O–H groups in total. The van der Waals surface area contributed by atoms with Crippen molar-refractivity contribution < 1.29 is 72.9 Å². The number of rotatable bonds is 34. The highest BCUT2D eigenvalue weighted by Crippen LogP contribution is 2.13. The lowest BCUT2D eigenvalue weighted by Gasteiger charge is -2.28. The molecule has 1 heterocycles. The van der Waals surface area contributed by atoms with Crippen molar-refractivity contribution in [3.63, 3.8) is 0 Å². The van der Waals surface area contributed by atoms with Crippen molar-refractivity contribution in [2.45, 2.75) is 134 Å². The molecule has 2 rings (SSSR count). The van der Waals surface area contributed by atoms with E-state index in [1.807, 2.05) is 0 Å². The number of phenolic OH excluding ortho intramolecular Hbond substituents is 1. The molecule has 0 fully saturated rings. The van der Waals surface area contributed by atoms with Crippen LogP contribution in [0.2, 0.25) is 0 Å². The fourth-order valence-electron chi connectivity index (χ4n) is 7.04. The van der Waals surface area contributed by atoms with E-state index in [0.29, 0.717) is 24.1 Å². The number of H-pyrrole nitrogens is 1. The Morgan fingerprint density at radius 3 is 1.67 bits per heavy atom. The molecule has 414 valence electrons. The maximum absolute atomic E-state index is 13.9. The lowest BCUT2D eigenvalue weighted by Crippen LogP contribution is -2.61. The summed E-state index contributed by atoms with van der Waals surface area (Å²) in [5.74, 6) is -14.5. The molecule has 0 saturated heterocycles. The first-order valence-corrected chi connectivity index (χ1v) is 23.9. The third-order valence-electron chi connectivity index (χ3n) is 11.5. The number of unbranched alkanes of at least 4 members (excludes halogenated alkanes) is 1. The number of hydrogen-bond acceptors (Lipinski definition) is 16. The number of benzene rings is 1. The number of carbonyl (C=O) groups is 12. The highest BCUT2D eigenvalue weighted by molar-refractivity contribution is 6.00. The van der Waals surface area contributed by atoms with E-state index < -0.39 is 151 Å². The second-order valence-corrected chi connectivity index (χ2v) is 18.0. The number of aromatic nitrogens is 2. The van der Waals surface area contributed by atoms with Gasteiger partial charge in [0.1, 0.15) is 48.0 Å². The van der Waals surface area contributed by atoms with E-state index in [1.165, 1.54) is 50.6 Å². The SMILES string of the molecule is CC[C@H](C)[C@H](N)C(=O)N[C@@H](CC(=O)O)C(=O)NCC(=O)N[C@@H](CCCCN)C(=O)N[C@@H](CC(N)=O)C(=O)N[C@H](C(=O)N[C@@H](CC(N)=O)C(=O)N[C@@H](Cc1cnc[nH]1)C(=O)N[C@@H](Cc1ccc(O)cc1)C(=O)O)C(C)C. The topological polar surface area (TPSA) is 495 Å². The molecule has 0 unspecified atom stereocenters. The van der Waals surface area contributed by atoms with E-state index in [1.54, 1.807) is 13.8 Å². The molecule has 29 nitrogen and oxygen atoms in total. The van der Waals surface area contributed by atoms with Crippen molar-refractivity contribution in [3.8, 4) is 5.75 Å². The van der Waals surface area contributed by atoms with E-state index >= 15 is 0 Å². The maximum Gasteiger partial charge on any atom is 0.326 e. The summed E-state index contributed by atoms with van der Waals surface area (Å²) in [6, 6.07) is -6.88. The minimum atomic E-state index is -1.81. The van der Waals surface area contributed by atoms with Gasteiger partial charge in [0, 0.05) is 24.7 Å². The Bertz CT molecular complexity index is 2320. The number of nitrogens with one attached hydrogen (secondary N) is 9. The summed E-state index contributed by atoms with van der Waals surface area (Å²) >= 11 is 0. The van der Waals surface area contributed by atoms with Crippen LogP contribution in [-0.4, -0.2) is 158 Å². The molecular formula is C46H70N14O15. The molecule has 2 aromatic rings. The Kier molecular flexibility index (Phi) is 26.3. The molecule has 1 aromatic heterocycles. The highest BCUT2D eigenvalue weighted by Gasteiger charge is 2.36. The van der Waals surface area contributed by atoms with Crippen molar-refractivity contribution in [3.05, 3.63) is 48.0 Å². The van der Waals surface area contributed by atoms with Crippen LogP contribution >= 0.6 is 0 Å². The number of phenols is 1. The van der Waals surface area contributed by atoms with E-state index in [4.69, 9.17) is 22.9 Å². The van der Waals surface area contributed by atoms with Crippen LogP contribution in [0.3, 0.4) is 0 Å². The van der Waals surface area contributed by atoms with Gasteiger partial charge in [-0.1, -0.05) is 46.2 Å². The van der Waals surface area contributed by atoms with Gasteiger partial charge in [-0.05, 0) is 55.3 Å². The monoisotopic (exact) mass is 1060 g/mol. The van der Waals surface area contributed by atoms with E-state index in [-0.39, 0.29) is 43.9 Å². The van der Waals surface area contributed by atoms with Crippen LogP contribution in [0.5, 0.6) is 5.75 Å². The summed E-state index contributed by atoms with van der Waals surface area (Å²) in [4.78, 5) is 163. The molecule has 9 atom stereocenters. The van der Waals surface area contributed by atoms with Crippen LogP contribution in [0.15, 0.2) is 36.8 Å². The number of aromatic amines is 1. The van der Waals surface area contributed by atoms with E-state index in [0.717, 1.165) is 0 Å². The predicted octanol–water partition coefficient (Wildman–Crippen LogP) is -5.12. The van der Waals surface area contributed by atoms with Gasteiger partial charge in [-0.2, -0.15) is 0 Å². The Morgan fingerprint density at radius 1 is 0.627 bits per heavy atom. The van der Waals surface area contributed by atoms with Gasteiger partial charge in [0.05, 0.1) is 38.2 Å². The number of nitrogens with two attached hydrogens (primary N) is 4. The Morgan fingerprint density at radius 2 is 1.15 bits per heavy atom. The standard InChI is InChI=1S/C46H70N14O15/c1-5-23(4)37(50)44(72)57-31(18-36(65)66)39(67)52-20-35(64)54-27(8-6-7-13-47)40(68)56-30(17-34(49)63)43(71)60-38(22(2)3)45(73)58-29(16-33(48)62)42(70)55-28(15-25-19-51-21-53-25)41(69)59-32(46(74)75)14-24-9-11-26(61)12-10-24/h9-12,19,21-23,27-32,37-38,61H,5-8,13-18,20,47,50H2,1-4H3,(H2,48,62)(H2,49,63)(H,51,53)(H,52,67)(H,54,64)(H,55,70)(H,56,68)(H,57,72)(H,58,73)(H,59,69)(H,60,71)(H,65,66)(H,74,75)/t23-,27-,28-,29-,30-,31-,32-,37-,38-/m0/s1. The molecule has 29 heteroatoms. The zero-order valence-corrected chi connectivity index (χ0v) is 42.0. The zero-order valence-electron chi connectivity index (χ0n) is 42.0. The van der Waals surface area contributed by atoms with Crippen LogP contribution in [0, 0.1) is 11.8 Å². The van der Waals surface area contributed by atoms with Crippen LogP contribution in [0.25, 0.3) is 0 Å². The Labute approximate surface area is 430 Å². The van der Waals surface area contributed by atoms with Crippen LogP contribution in [0.1, 0.15) is 83.9 Å². The quantitative estimate of drug-likeness (QED) is 0.0292. The van der Waals surface area contributed by atoms with Gasteiger partial charge < -0.3 is 85.8 Å². The summed E-state index contributed by atoms with van der Waals surface area (Å²) < 4.78 is 0. The average molecular weight is 1060 g/mol. The van der Waals surface area contributed by atoms with Crippen molar-refractivity contribution in [1.29, 1.82) is 0 Å². The molecule has 1 aromatic carbocycles. The molecule has 10 amide bonds. The maximum atomic E-state index is 13.9. The molecule has 0 spiro atoms. The van der Waals surface area contributed by atoms with Gasteiger partial charge in [-0.15, -0.1) is 0 Å². The van der Waals surface area contributed by atoms with Gasteiger partial charge >= 0.3 is 11.9 Å². The molecule has 0 radical (unpaired) electrons. The first-order chi connectivity index (χ1) is 35.3. The van der Waals surface area contributed by atoms with Crippen LogP contribution in [0.4, 0.5) is 0 Å². The van der Waals surface area contributed by atoms with Gasteiger partial charge in [0.25, 0.3) is 0 Å². The lowest BCUT2D eigenvalue weighted by atomic mass is 9.99. The molecule has 0 aliphatic rings. The second-order valence-electron chi connectivity index (χ2n) is 18.0. The third-order valence-corrected chi connectivity index (χ3v) is 11.5. The molecule has 0 bridgehead atoms. The summed E-state index contributed by atoms with van der Waals surface area (Å²) in [6.07, 6.45) is 0.538. The van der Waals surface area contributed by atoms with E-state index in [2.05, 4.69) is 52.5 Å². The molecule has 0 aliphatic heterocycles. The highest BCUT2D eigenvalue weighted by atomic mass is 16.4. The first-order valence-electron chi connectivity index (χ1n) is 23.9. The number of carbonyl (C=O) groups excluding carboxylic acids is 10. The molecule has 0 aliphatic carbocycles. The Balaban J connectivity index is 2.30. The van der Waals surface area contributed by atoms with Gasteiger partial charge in [0.2, 0.25) is 59.1 Å². The number of aliphatic carboxylic acids is 2. The smallest absolute Gasteiger partial charge is 0.326 e. The number of carboxylic acid groups (broad SMARTS) is 2. The number of amides is 10. The fraction of sp³-hybridized carbons (Fsp3) is 0.543. The summed E-state index contributed by atoms with van der Waals surface area (Å²) in [7, 11) is 0. The fourth-order valence-corrected chi connectivity index (χ4v) is 7.04. The lowest BCUT2D eigenvalue weighted by molar-refractivity contribution is -0.142. The van der Waals surface area contributed by atoms with Crippen molar-refractivity contribution in [1.82, 2.24) is 52.5 Å². The van der Waals surface area contributed by atoms with Crippen molar-refractivity contribution in [2.75, 3.05) is 13.1 Å². The number of hydrogen-bond donors (Lipinski definition) is 16. The third kappa shape index (κ3) is 22.6. The number of nitrogens with zero attached hydrogens (tertiary/aromatic N) is 1. The van der Waals surface area contributed by atoms with Crippen molar-refractivity contribution in [2.24, 2.45) is 34.8 Å². The summed E-state index contributed by atoms with van der Waals surface area (Å²) in [5.41, 5.74) is 23.1. The molecular weight excluding hydrogens is 989 g/mol. The van der Waals surface area contributed by atoms with E-state index in [9.17, 15) is 72.9 Å². The Hall–Kier alpha value is -8.21. The summed E-state index contributed by atoms with van der Waals surface area (Å²) in [6.45, 7) is 5.76. The molecule has 0 saturated carbocycles. The largest absolute Gasteiger partial charge is 0.508 e. The molecule has 75 heavy (non-hydrogen) atoms. The van der Waals surface area contributed by atoms with Crippen LogP contribution < -0.4 is 65.5 Å². The number of aromatic hydroxyl groups is 1.